The van der Waals surface area contributed by atoms with Crippen LogP contribution in [0.2, 0.25) is 0 Å². The molecule has 0 unspecified atom stereocenters. The van der Waals surface area contributed by atoms with E-state index in [1.165, 1.54) is 0 Å². The first-order chi connectivity index (χ1) is 13.7. The zero-order valence-corrected chi connectivity index (χ0v) is 15.8. The summed E-state index contributed by atoms with van der Waals surface area (Å²) in [6.45, 7) is 4.92. The molecule has 0 radical (unpaired) electrons. The van der Waals surface area contributed by atoms with E-state index < -0.39 is 0 Å². The van der Waals surface area contributed by atoms with Crippen LogP contribution in [0, 0.1) is 0 Å². The average molecular weight is 375 g/mol. The second kappa shape index (κ2) is 6.63. The second-order valence-electron chi connectivity index (χ2n) is 7.20. The number of fused-ring (bicyclic) bond motifs is 2. The lowest BCUT2D eigenvalue weighted by Gasteiger charge is -2.16. The monoisotopic (exact) mass is 375 g/mol. The molecule has 1 N–H and O–H groups in total. The number of imidazole rings is 1. The van der Waals surface area contributed by atoms with Gasteiger partial charge in [-0.15, -0.1) is 0 Å². The fourth-order valence-corrected chi connectivity index (χ4v) is 3.35. The lowest BCUT2D eigenvalue weighted by atomic mass is 10.1. The normalized spacial score (nSPS) is 13.5. The van der Waals surface area contributed by atoms with E-state index in [-0.39, 0.29) is 0 Å². The fourth-order valence-electron chi connectivity index (χ4n) is 3.35. The Hall–Kier alpha value is -3.42. The zero-order valence-electron chi connectivity index (χ0n) is 15.8. The largest absolute Gasteiger partial charge is 0.477 e. The van der Waals surface area contributed by atoms with Crippen LogP contribution >= 0.6 is 0 Å². The SMILES string of the molecule is CC(C)n1cc(Nc2nc(-c3cnc4c(c3)CCCO4)cn3ccnc23)cn1. The highest BCUT2D eigenvalue weighted by Gasteiger charge is 2.15. The minimum absolute atomic E-state index is 0.296. The third kappa shape index (κ3) is 2.96. The number of anilines is 2. The third-order valence-electron chi connectivity index (χ3n) is 4.82. The van der Waals surface area contributed by atoms with E-state index in [4.69, 9.17) is 9.72 Å². The number of nitrogens with one attached hydrogen (secondary N) is 1. The molecule has 0 atom stereocenters. The van der Waals surface area contributed by atoms with Crippen molar-refractivity contribution in [3.05, 3.63) is 48.8 Å². The number of aryl methyl sites for hydroxylation is 1. The molecule has 5 heterocycles. The minimum Gasteiger partial charge on any atom is -0.477 e. The standard InChI is InChI=1S/C20H21N7O/c1-13(2)27-11-16(10-23-27)24-18-19-21-5-6-26(19)12-17(25-18)15-8-14-4-3-7-28-20(14)22-9-15/h5-6,8-13H,3-4,7H2,1-2H3,(H,24,25). The van der Waals surface area contributed by atoms with Gasteiger partial charge in [0.05, 0.1) is 24.2 Å². The molecule has 1 aliphatic heterocycles. The lowest BCUT2D eigenvalue weighted by Crippen LogP contribution is -2.10. The summed E-state index contributed by atoms with van der Waals surface area (Å²) in [7, 11) is 0. The van der Waals surface area contributed by atoms with Gasteiger partial charge in [-0.25, -0.2) is 15.0 Å². The molecule has 0 aliphatic carbocycles. The highest BCUT2D eigenvalue weighted by atomic mass is 16.5. The van der Waals surface area contributed by atoms with Crippen molar-refractivity contribution >= 4 is 17.2 Å². The molecule has 0 saturated heterocycles. The quantitative estimate of drug-likeness (QED) is 0.586. The van der Waals surface area contributed by atoms with Gasteiger partial charge in [0.25, 0.3) is 0 Å². The maximum atomic E-state index is 5.63. The number of aromatic nitrogens is 6. The van der Waals surface area contributed by atoms with Crippen LogP contribution in [0.3, 0.4) is 0 Å². The van der Waals surface area contributed by atoms with Gasteiger partial charge in [-0.3, -0.25) is 4.68 Å². The number of hydrogen-bond acceptors (Lipinski definition) is 6. The Morgan fingerprint density at radius 1 is 1.18 bits per heavy atom. The van der Waals surface area contributed by atoms with Crippen molar-refractivity contribution in [2.24, 2.45) is 0 Å². The summed E-state index contributed by atoms with van der Waals surface area (Å²) in [6.07, 6.45) is 13.2. The summed E-state index contributed by atoms with van der Waals surface area (Å²) in [5.41, 5.74) is 4.55. The molecule has 142 valence electrons. The van der Waals surface area contributed by atoms with Crippen LogP contribution < -0.4 is 10.1 Å². The molecule has 8 heteroatoms. The predicted octanol–water partition coefficient (Wildman–Crippen LogP) is 3.64. The first-order valence-electron chi connectivity index (χ1n) is 9.44. The molecule has 0 fully saturated rings. The summed E-state index contributed by atoms with van der Waals surface area (Å²) in [6, 6.07) is 2.41. The molecule has 0 saturated carbocycles. The molecule has 4 aromatic heterocycles. The number of rotatable bonds is 4. The van der Waals surface area contributed by atoms with Crippen molar-refractivity contribution in [2.45, 2.75) is 32.7 Å². The topological polar surface area (TPSA) is 82.2 Å². The van der Waals surface area contributed by atoms with Crippen LogP contribution in [-0.4, -0.2) is 35.7 Å². The Labute approximate surface area is 162 Å². The van der Waals surface area contributed by atoms with Crippen LogP contribution in [0.1, 0.15) is 31.9 Å². The van der Waals surface area contributed by atoms with E-state index in [1.54, 1.807) is 12.4 Å². The first-order valence-corrected chi connectivity index (χ1v) is 9.44. The lowest BCUT2D eigenvalue weighted by molar-refractivity contribution is 0.276. The summed E-state index contributed by atoms with van der Waals surface area (Å²) in [5, 5.41) is 7.74. The Morgan fingerprint density at radius 3 is 2.96 bits per heavy atom. The summed E-state index contributed by atoms with van der Waals surface area (Å²) >= 11 is 0. The molecule has 4 aromatic rings. The molecule has 0 amide bonds. The van der Waals surface area contributed by atoms with Crippen molar-refractivity contribution in [2.75, 3.05) is 11.9 Å². The Kier molecular flexibility index (Phi) is 3.96. The van der Waals surface area contributed by atoms with Crippen molar-refractivity contribution in [3.63, 3.8) is 0 Å². The van der Waals surface area contributed by atoms with Gasteiger partial charge in [-0.1, -0.05) is 0 Å². The molecule has 0 bridgehead atoms. The van der Waals surface area contributed by atoms with Gasteiger partial charge in [0.1, 0.15) is 0 Å². The number of hydrogen-bond donors (Lipinski definition) is 1. The molecule has 8 nitrogen and oxygen atoms in total. The van der Waals surface area contributed by atoms with Crippen LogP contribution in [0.25, 0.3) is 16.9 Å². The van der Waals surface area contributed by atoms with Gasteiger partial charge in [0.2, 0.25) is 5.88 Å². The molecule has 1 aliphatic rings. The van der Waals surface area contributed by atoms with Crippen LogP contribution in [0.4, 0.5) is 11.5 Å². The molecule has 0 spiro atoms. The van der Waals surface area contributed by atoms with Crippen molar-refractivity contribution in [3.8, 4) is 17.1 Å². The summed E-state index contributed by atoms with van der Waals surface area (Å²) in [4.78, 5) is 13.7. The van der Waals surface area contributed by atoms with Gasteiger partial charge in [-0.05, 0) is 32.8 Å². The number of nitrogens with zero attached hydrogens (tertiary/aromatic N) is 6. The maximum absolute atomic E-state index is 5.63. The zero-order chi connectivity index (χ0) is 19.1. The average Bonchev–Trinajstić information content (AvgIpc) is 3.37. The van der Waals surface area contributed by atoms with E-state index in [9.17, 15) is 0 Å². The number of ether oxygens (including phenoxy) is 1. The third-order valence-corrected chi connectivity index (χ3v) is 4.82. The van der Waals surface area contributed by atoms with Gasteiger partial charge >= 0.3 is 0 Å². The molecule has 0 aromatic carbocycles. The van der Waals surface area contributed by atoms with Crippen molar-refractivity contribution < 1.29 is 4.74 Å². The van der Waals surface area contributed by atoms with E-state index in [0.29, 0.717) is 11.9 Å². The van der Waals surface area contributed by atoms with Gasteiger partial charge in [-0.2, -0.15) is 5.10 Å². The van der Waals surface area contributed by atoms with Gasteiger partial charge in [0, 0.05) is 48.2 Å². The molecule has 5 rings (SSSR count). The van der Waals surface area contributed by atoms with Gasteiger partial charge in [0.15, 0.2) is 11.5 Å². The molecular weight excluding hydrogens is 354 g/mol. The highest BCUT2D eigenvalue weighted by Crippen LogP contribution is 2.29. The number of pyridine rings is 1. The van der Waals surface area contributed by atoms with E-state index >= 15 is 0 Å². The minimum atomic E-state index is 0.296. The smallest absolute Gasteiger partial charge is 0.216 e. The van der Waals surface area contributed by atoms with Crippen LogP contribution in [0.5, 0.6) is 5.88 Å². The fraction of sp³-hybridized carbons (Fsp3) is 0.300. The summed E-state index contributed by atoms with van der Waals surface area (Å²) < 4.78 is 9.50. The van der Waals surface area contributed by atoms with E-state index in [0.717, 1.165) is 53.5 Å². The predicted molar refractivity (Wildman–Crippen MR) is 106 cm³/mol. The Balaban J connectivity index is 1.55. The molecular formula is C20H21N7O. The Morgan fingerprint density at radius 2 is 2.11 bits per heavy atom. The molecule has 28 heavy (non-hydrogen) atoms. The van der Waals surface area contributed by atoms with Gasteiger partial charge < -0.3 is 14.5 Å². The summed E-state index contributed by atoms with van der Waals surface area (Å²) in [5.74, 6) is 1.41. The highest BCUT2D eigenvalue weighted by molar-refractivity contribution is 5.73. The maximum Gasteiger partial charge on any atom is 0.216 e. The van der Waals surface area contributed by atoms with Crippen molar-refractivity contribution in [1.29, 1.82) is 0 Å². The first kappa shape index (κ1) is 16.7. The van der Waals surface area contributed by atoms with Crippen LogP contribution in [-0.2, 0) is 6.42 Å². The van der Waals surface area contributed by atoms with Crippen molar-refractivity contribution in [1.82, 2.24) is 29.1 Å². The van der Waals surface area contributed by atoms with E-state index in [2.05, 4.69) is 40.3 Å². The van der Waals surface area contributed by atoms with Crippen LogP contribution in [0.15, 0.2) is 43.2 Å². The second-order valence-corrected chi connectivity index (χ2v) is 7.20. The van der Waals surface area contributed by atoms with E-state index in [1.807, 2.05) is 33.9 Å². The Bertz CT molecular complexity index is 1140.